The number of aliphatic imine (C=N–C) groups is 2. The molecule has 0 aromatic heterocycles. The SMILES string of the molecule is CCCNCC1CC(C2=C3C=NC=C[N+]3(N)C(c3cccc(OCc4ccccc4)c3)=N2)C1. The summed E-state index contributed by atoms with van der Waals surface area (Å²) in [4.78, 5) is 9.49. The summed E-state index contributed by atoms with van der Waals surface area (Å²) < 4.78 is 6.13. The number of rotatable bonds is 9. The number of amidine groups is 1. The van der Waals surface area contributed by atoms with Crippen molar-refractivity contribution in [1.29, 1.82) is 0 Å². The van der Waals surface area contributed by atoms with E-state index in [0.29, 0.717) is 18.4 Å². The molecular weight excluding hydrogens is 410 g/mol. The normalized spacial score (nSPS) is 25.6. The molecule has 0 bridgehead atoms. The lowest BCUT2D eigenvalue weighted by Gasteiger charge is -2.35. The maximum Gasteiger partial charge on any atom is 0.265 e. The van der Waals surface area contributed by atoms with Crippen molar-refractivity contribution in [3.63, 3.8) is 0 Å². The van der Waals surface area contributed by atoms with Crippen LogP contribution in [0.4, 0.5) is 0 Å². The lowest BCUT2D eigenvalue weighted by molar-refractivity contribution is -0.750. The number of nitrogens with zero attached hydrogens (tertiary/aromatic N) is 3. The summed E-state index contributed by atoms with van der Waals surface area (Å²) in [5, 5.41) is 3.54. The third-order valence-electron chi connectivity index (χ3n) is 6.65. The summed E-state index contributed by atoms with van der Waals surface area (Å²) in [6, 6.07) is 18.3. The summed E-state index contributed by atoms with van der Waals surface area (Å²) in [5.74, 6) is 9.68. The van der Waals surface area contributed by atoms with Crippen molar-refractivity contribution < 1.29 is 9.33 Å². The molecule has 1 atom stereocenters. The second kappa shape index (κ2) is 9.43. The second-order valence-electron chi connectivity index (χ2n) is 9.10. The highest BCUT2D eigenvalue weighted by Gasteiger charge is 2.48. The summed E-state index contributed by atoms with van der Waals surface area (Å²) in [6.07, 6.45) is 9.01. The van der Waals surface area contributed by atoms with E-state index in [2.05, 4.69) is 35.4 Å². The first-order chi connectivity index (χ1) is 16.2. The van der Waals surface area contributed by atoms with Crippen LogP contribution in [0, 0.1) is 11.8 Å². The first-order valence-electron chi connectivity index (χ1n) is 11.9. The quantitative estimate of drug-likeness (QED) is 0.341. The van der Waals surface area contributed by atoms with Gasteiger partial charge in [0.15, 0.2) is 0 Å². The Kier molecular flexibility index (Phi) is 6.22. The van der Waals surface area contributed by atoms with Crippen molar-refractivity contribution in [1.82, 2.24) is 5.32 Å². The molecule has 2 aromatic carbocycles. The largest absolute Gasteiger partial charge is 0.489 e. The molecule has 6 heteroatoms. The van der Waals surface area contributed by atoms with Crippen LogP contribution in [-0.2, 0) is 6.61 Å². The number of quaternary nitrogens is 1. The molecule has 1 saturated carbocycles. The fourth-order valence-corrected chi connectivity index (χ4v) is 4.78. The van der Waals surface area contributed by atoms with Crippen LogP contribution in [0.3, 0.4) is 0 Å². The highest BCUT2D eigenvalue weighted by molar-refractivity contribution is 6.00. The van der Waals surface area contributed by atoms with Gasteiger partial charge in [-0.25, -0.2) is 0 Å². The van der Waals surface area contributed by atoms with Gasteiger partial charge in [0.25, 0.3) is 5.84 Å². The number of benzene rings is 2. The Morgan fingerprint density at radius 3 is 2.79 bits per heavy atom. The zero-order chi connectivity index (χ0) is 22.7. The summed E-state index contributed by atoms with van der Waals surface area (Å²) in [7, 11) is 0. The van der Waals surface area contributed by atoms with E-state index in [-0.39, 0.29) is 4.59 Å². The Hall–Kier alpha value is -3.06. The number of hydrogen-bond donors (Lipinski definition) is 2. The Balaban J connectivity index is 1.35. The predicted octanol–water partition coefficient (Wildman–Crippen LogP) is 4.51. The molecule has 3 N–H and O–H groups in total. The Morgan fingerprint density at radius 1 is 1.12 bits per heavy atom. The molecule has 0 radical (unpaired) electrons. The number of nitrogens with two attached hydrogens (primary N) is 1. The van der Waals surface area contributed by atoms with Crippen LogP contribution in [0.5, 0.6) is 5.75 Å². The molecule has 1 aliphatic carbocycles. The van der Waals surface area contributed by atoms with Gasteiger partial charge in [-0.15, -0.1) is 4.59 Å². The van der Waals surface area contributed by atoms with Crippen molar-refractivity contribution in [3.8, 4) is 5.75 Å². The maximum atomic E-state index is 6.91. The summed E-state index contributed by atoms with van der Waals surface area (Å²) in [6.45, 7) is 4.89. The fourth-order valence-electron chi connectivity index (χ4n) is 4.78. The van der Waals surface area contributed by atoms with Gasteiger partial charge in [-0.05, 0) is 62.0 Å². The summed E-state index contributed by atoms with van der Waals surface area (Å²) in [5.41, 5.74) is 4.17. The van der Waals surface area contributed by atoms with Crippen molar-refractivity contribution in [2.24, 2.45) is 27.7 Å². The maximum absolute atomic E-state index is 6.91. The molecule has 170 valence electrons. The van der Waals surface area contributed by atoms with Gasteiger partial charge < -0.3 is 10.1 Å². The minimum absolute atomic E-state index is 0.0657. The van der Waals surface area contributed by atoms with Crippen molar-refractivity contribution in [2.75, 3.05) is 13.1 Å². The van der Waals surface area contributed by atoms with Crippen molar-refractivity contribution >= 4 is 12.1 Å². The lowest BCUT2D eigenvalue weighted by Crippen LogP contribution is -2.53. The van der Waals surface area contributed by atoms with E-state index in [1.54, 1.807) is 6.20 Å². The average Bonchev–Trinajstić information content (AvgIpc) is 3.13. The third-order valence-corrected chi connectivity index (χ3v) is 6.65. The fraction of sp³-hybridized carbons (Fsp3) is 0.333. The number of ether oxygens (including phenoxy) is 1. The highest BCUT2D eigenvalue weighted by atomic mass is 16.5. The van der Waals surface area contributed by atoms with E-state index in [1.165, 1.54) is 6.42 Å². The van der Waals surface area contributed by atoms with Gasteiger partial charge in [0.05, 0.1) is 18.0 Å². The number of allylic oxidation sites excluding steroid dienone is 2. The molecule has 3 aliphatic rings. The summed E-state index contributed by atoms with van der Waals surface area (Å²) >= 11 is 0. The molecule has 1 fully saturated rings. The Bertz CT molecular complexity index is 1110. The minimum Gasteiger partial charge on any atom is -0.489 e. The first-order valence-corrected chi connectivity index (χ1v) is 11.9. The standard InChI is InChI=1S/C27H32N5O/c1-2-11-29-17-21-14-23(15-21)26-25-18-30-12-13-32(25,28)27(31-26)22-9-6-10-24(16-22)33-19-20-7-4-3-5-8-20/h3-10,12-13,16,18,21,23,29H,2,11,14-15,17,19,28H2,1H3/q+1. The molecule has 0 saturated heterocycles. The van der Waals surface area contributed by atoms with Crippen LogP contribution in [0.15, 0.2) is 88.4 Å². The van der Waals surface area contributed by atoms with E-state index in [0.717, 1.165) is 60.0 Å². The van der Waals surface area contributed by atoms with Crippen LogP contribution in [0.2, 0.25) is 0 Å². The number of nitrogens with one attached hydrogen (secondary N) is 1. The van der Waals surface area contributed by atoms with Crippen LogP contribution in [0.1, 0.15) is 37.3 Å². The second-order valence-corrected chi connectivity index (χ2v) is 9.10. The molecule has 0 spiro atoms. The van der Waals surface area contributed by atoms with Crippen LogP contribution in [0.25, 0.3) is 0 Å². The minimum atomic E-state index is 0.0657. The molecule has 6 nitrogen and oxygen atoms in total. The van der Waals surface area contributed by atoms with E-state index >= 15 is 0 Å². The topological polar surface area (TPSA) is 72.0 Å². The lowest BCUT2D eigenvalue weighted by atomic mass is 9.73. The van der Waals surface area contributed by atoms with Crippen molar-refractivity contribution in [3.05, 3.63) is 89.5 Å². The predicted molar refractivity (Wildman–Crippen MR) is 132 cm³/mol. The molecule has 5 rings (SSSR count). The number of fused-ring (bicyclic) bond motifs is 1. The molecule has 0 amide bonds. The van der Waals surface area contributed by atoms with Crippen LogP contribution in [-0.4, -0.2) is 29.7 Å². The van der Waals surface area contributed by atoms with Gasteiger partial charge in [-0.1, -0.05) is 43.3 Å². The first kappa shape index (κ1) is 21.8. The molecule has 2 aromatic rings. The van der Waals surface area contributed by atoms with Crippen molar-refractivity contribution in [2.45, 2.75) is 32.8 Å². The van der Waals surface area contributed by atoms with Gasteiger partial charge in [-0.2, -0.15) is 10.8 Å². The van der Waals surface area contributed by atoms with Crippen LogP contribution < -0.4 is 15.9 Å². The molecular formula is C27H32N5O+. The van der Waals surface area contributed by atoms with Gasteiger partial charge in [0.1, 0.15) is 24.3 Å². The van der Waals surface area contributed by atoms with Gasteiger partial charge in [0, 0.05) is 5.92 Å². The van der Waals surface area contributed by atoms with E-state index < -0.39 is 0 Å². The smallest absolute Gasteiger partial charge is 0.265 e. The van der Waals surface area contributed by atoms with Gasteiger partial charge in [-0.3, -0.25) is 4.99 Å². The molecule has 33 heavy (non-hydrogen) atoms. The average molecular weight is 443 g/mol. The molecule has 2 heterocycles. The van der Waals surface area contributed by atoms with E-state index in [4.69, 9.17) is 15.6 Å². The molecule has 2 aliphatic heterocycles. The van der Waals surface area contributed by atoms with E-state index in [1.807, 2.05) is 48.8 Å². The Morgan fingerprint density at radius 2 is 1.97 bits per heavy atom. The highest BCUT2D eigenvalue weighted by Crippen LogP contribution is 2.44. The molecule has 1 unspecified atom stereocenters. The Labute approximate surface area is 195 Å². The number of hydrogen-bond acceptors (Lipinski definition) is 5. The van der Waals surface area contributed by atoms with Crippen LogP contribution >= 0.6 is 0 Å². The third kappa shape index (κ3) is 4.42. The van der Waals surface area contributed by atoms with Gasteiger partial charge >= 0.3 is 0 Å². The zero-order valence-corrected chi connectivity index (χ0v) is 19.2. The monoisotopic (exact) mass is 442 g/mol. The van der Waals surface area contributed by atoms with E-state index in [9.17, 15) is 0 Å². The zero-order valence-electron chi connectivity index (χ0n) is 19.2. The van der Waals surface area contributed by atoms with Gasteiger partial charge in [0.2, 0.25) is 5.70 Å².